The van der Waals surface area contributed by atoms with Gasteiger partial charge in [-0.2, -0.15) is 0 Å². The van der Waals surface area contributed by atoms with Crippen molar-refractivity contribution in [3.63, 3.8) is 0 Å². The van der Waals surface area contributed by atoms with Gasteiger partial charge in [0.15, 0.2) is 6.54 Å². The summed E-state index contributed by atoms with van der Waals surface area (Å²) in [6, 6.07) is 18.3. The minimum atomic E-state index is -0.963. The Hall–Kier alpha value is -0.820. The lowest BCUT2D eigenvalue weighted by atomic mass is 10.0. The fourth-order valence-electron chi connectivity index (χ4n) is 3.12. The second-order valence-corrected chi connectivity index (χ2v) is 7.51. The van der Waals surface area contributed by atoms with Crippen LogP contribution in [-0.2, 0) is 5.72 Å². The zero-order valence-corrected chi connectivity index (χ0v) is 16.3. The fourth-order valence-corrected chi connectivity index (χ4v) is 4.56. The summed E-state index contributed by atoms with van der Waals surface area (Å²) in [6.07, 6.45) is 0. The highest BCUT2D eigenvalue weighted by molar-refractivity contribution is 9.10. The van der Waals surface area contributed by atoms with Crippen LogP contribution < -0.4 is 21.9 Å². The van der Waals surface area contributed by atoms with E-state index in [0.717, 1.165) is 33.2 Å². The van der Waals surface area contributed by atoms with Gasteiger partial charge in [-0.3, -0.25) is 0 Å². The maximum absolute atomic E-state index is 11.4. The second kappa shape index (κ2) is 6.59. The molecule has 0 spiro atoms. The van der Waals surface area contributed by atoms with E-state index in [1.807, 2.05) is 54.2 Å². The lowest BCUT2D eigenvalue weighted by Crippen LogP contribution is -3.00. The van der Waals surface area contributed by atoms with Crippen LogP contribution in [0.5, 0.6) is 0 Å². The lowest BCUT2D eigenvalue weighted by Gasteiger charge is -2.23. The van der Waals surface area contributed by atoms with E-state index in [2.05, 4.69) is 37.5 Å². The maximum atomic E-state index is 11.4. The molecule has 2 heterocycles. The van der Waals surface area contributed by atoms with Gasteiger partial charge in [-0.15, -0.1) is 0 Å². The molecule has 4 rings (SSSR count). The van der Waals surface area contributed by atoms with Crippen LogP contribution in [0.25, 0.3) is 0 Å². The molecular weight excluding hydrogens is 440 g/mol. The van der Waals surface area contributed by atoms with Crippen molar-refractivity contribution in [2.45, 2.75) is 5.72 Å². The zero-order chi connectivity index (χ0) is 15.2. The number of anilines is 1. The number of para-hydroxylation sites is 1. The Bertz CT molecular complexity index is 736. The number of nitrogens with zero attached hydrogens (tertiary/aromatic N) is 2. The summed E-state index contributed by atoms with van der Waals surface area (Å²) in [4.78, 5) is 2.22. The number of hydrogen-bond acceptors (Lipinski definition) is 3. The molecule has 6 heteroatoms. The van der Waals surface area contributed by atoms with Gasteiger partial charge in [0.2, 0.25) is 0 Å². The number of aliphatic hydroxyl groups is 1. The zero-order valence-electron chi connectivity index (χ0n) is 12.3. The first-order valence-corrected chi connectivity index (χ1v) is 9.05. The van der Waals surface area contributed by atoms with Crippen LogP contribution >= 0.6 is 27.7 Å². The molecule has 120 valence electrons. The van der Waals surface area contributed by atoms with Crippen LogP contribution in [0.1, 0.15) is 5.56 Å². The number of amidine groups is 1. The molecule has 2 aromatic rings. The minimum absolute atomic E-state index is 0. The van der Waals surface area contributed by atoms with Gasteiger partial charge in [-0.1, -0.05) is 46.3 Å². The first kappa shape index (κ1) is 17.0. The van der Waals surface area contributed by atoms with Crippen LogP contribution in [0, 0.1) is 0 Å². The minimum Gasteiger partial charge on any atom is -1.00 e. The SMILES string of the molecule is OC1(c2ccc(Br)cc2)CN(c2ccccc2)C2=[N+]1CCS2.[Br-]. The van der Waals surface area contributed by atoms with Crippen LogP contribution in [0.15, 0.2) is 59.1 Å². The monoisotopic (exact) mass is 454 g/mol. The molecule has 0 fully saturated rings. The first-order chi connectivity index (χ1) is 10.7. The van der Waals surface area contributed by atoms with Crippen molar-refractivity contribution in [3.05, 3.63) is 64.6 Å². The van der Waals surface area contributed by atoms with E-state index in [0.29, 0.717) is 6.54 Å². The van der Waals surface area contributed by atoms with Crippen LogP contribution in [0.3, 0.4) is 0 Å². The molecule has 0 bridgehead atoms. The predicted molar refractivity (Wildman–Crippen MR) is 94.4 cm³/mol. The molecule has 0 saturated heterocycles. The Morgan fingerprint density at radius 1 is 1.09 bits per heavy atom. The van der Waals surface area contributed by atoms with Crippen LogP contribution in [-0.4, -0.2) is 33.7 Å². The molecule has 1 unspecified atom stereocenters. The molecular formula is C17H16Br2N2OS. The number of hydrogen-bond donors (Lipinski definition) is 1. The molecule has 0 aromatic heterocycles. The summed E-state index contributed by atoms with van der Waals surface area (Å²) in [7, 11) is 0. The third-order valence-electron chi connectivity index (χ3n) is 4.21. The number of β-amino-alcohol motifs (C(OH)–C–C–N with tert-alkyl or cyclic N) is 1. The second-order valence-electron chi connectivity index (χ2n) is 5.53. The summed E-state index contributed by atoms with van der Waals surface area (Å²) in [5.41, 5.74) is 1.11. The van der Waals surface area contributed by atoms with Crippen molar-refractivity contribution in [2.75, 3.05) is 23.7 Å². The Labute approximate surface area is 158 Å². The molecule has 0 saturated carbocycles. The number of benzene rings is 2. The summed E-state index contributed by atoms with van der Waals surface area (Å²) in [5.74, 6) is 1.01. The molecule has 2 aliphatic rings. The third kappa shape index (κ3) is 2.86. The Morgan fingerprint density at radius 2 is 1.78 bits per heavy atom. The Kier molecular flexibility index (Phi) is 4.88. The molecule has 0 aliphatic carbocycles. The Morgan fingerprint density at radius 3 is 2.48 bits per heavy atom. The van der Waals surface area contributed by atoms with Gasteiger partial charge in [0.25, 0.3) is 5.72 Å². The smallest absolute Gasteiger partial charge is 0.316 e. The number of rotatable bonds is 2. The average Bonchev–Trinajstić information content (AvgIpc) is 3.13. The topological polar surface area (TPSA) is 26.5 Å². The number of halogens is 2. The molecule has 1 atom stereocenters. The van der Waals surface area contributed by atoms with E-state index in [9.17, 15) is 5.11 Å². The van der Waals surface area contributed by atoms with E-state index in [-0.39, 0.29) is 17.0 Å². The van der Waals surface area contributed by atoms with Gasteiger partial charge in [-0.25, -0.2) is 9.48 Å². The lowest BCUT2D eigenvalue weighted by molar-refractivity contribution is -0.650. The summed E-state index contributed by atoms with van der Waals surface area (Å²) < 4.78 is 3.16. The van der Waals surface area contributed by atoms with Crippen LogP contribution in [0.2, 0.25) is 0 Å². The average molecular weight is 456 g/mol. The molecule has 2 aromatic carbocycles. The normalized spacial score (nSPS) is 23.0. The largest absolute Gasteiger partial charge is 1.00 e. The maximum Gasteiger partial charge on any atom is 0.316 e. The van der Waals surface area contributed by atoms with Gasteiger partial charge in [0.05, 0.1) is 6.54 Å². The van der Waals surface area contributed by atoms with Crippen molar-refractivity contribution in [1.29, 1.82) is 0 Å². The standard InChI is InChI=1S/C17H16BrN2OS.BrH/c18-14-8-6-13(7-9-14)17(21)12-19(15-4-2-1-3-5-15)16-20(17)10-11-22-16;/h1-9,21H,10-12H2;1H/q+1;/p-1. The van der Waals surface area contributed by atoms with Gasteiger partial charge < -0.3 is 22.1 Å². The highest BCUT2D eigenvalue weighted by Gasteiger charge is 2.54. The van der Waals surface area contributed by atoms with Crippen molar-refractivity contribution in [3.8, 4) is 0 Å². The van der Waals surface area contributed by atoms with Crippen molar-refractivity contribution in [2.24, 2.45) is 0 Å². The number of thioether (sulfide) groups is 1. The highest BCUT2D eigenvalue weighted by Crippen LogP contribution is 2.38. The Balaban J connectivity index is 0.00000156. The van der Waals surface area contributed by atoms with Crippen LogP contribution in [0.4, 0.5) is 5.69 Å². The third-order valence-corrected chi connectivity index (χ3v) is 5.82. The van der Waals surface area contributed by atoms with Gasteiger partial charge in [0, 0.05) is 15.8 Å². The van der Waals surface area contributed by atoms with E-state index in [4.69, 9.17) is 0 Å². The molecule has 2 aliphatic heterocycles. The highest BCUT2D eigenvalue weighted by atomic mass is 79.9. The molecule has 0 amide bonds. The van der Waals surface area contributed by atoms with Crippen molar-refractivity contribution >= 4 is 38.5 Å². The van der Waals surface area contributed by atoms with E-state index < -0.39 is 5.72 Å². The van der Waals surface area contributed by atoms with E-state index in [1.165, 1.54) is 0 Å². The predicted octanol–water partition coefficient (Wildman–Crippen LogP) is 0.234. The summed E-state index contributed by atoms with van der Waals surface area (Å²) in [5, 5.41) is 12.5. The van der Waals surface area contributed by atoms with E-state index >= 15 is 0 Å². The van der Waals surface area contributed by atoms with Gasteiger partial charge in [0.1, 0.15) is 5.69 Å². The van der Waals surface area contributed by atoms with Crippen molar-refractivity contribution < 1.29 is 26.7 Å². The van der Waals surface area contributed by atoms with E-state index in [1.54, 1.807) is 0 Å². The fraction of sp³-hybridized carbons (Fsp3) is 0.235. The molecule has 3 nitrogen and oxygen atoms in total. The first-order valence-electron chi connectivity index (χ1n) is 7.27. The molecule has 1 N–H and O–H groups in total. The molecule has 23 heavy (non-hydrogen) atoms. The molecule has 0 radical (unpaired) electrons. The van der Waals surface area contributed by atoms with Gasteiger partial charge >= 0.3 is 5.17 Å². The van der Waals surface area contributed by atoms with Crippen molar-refractivity contribution in [1.82, 2.24) is 0 Å². The summed E-state index contributed by atoms with van der Waals surface area (Å²) >= 11 is 5.28. The summed E-state index contributed by atoms with van der Waals surface area (Å²) in [6.45, 7) is 1.43. The quantitative estimate of drug-likeness (QED) is 0.657. The van der Waals surface area contributed by atoms with Gasteiger partial charge in [-0.05, 0) is 36.0 Å².